The number of halogens is 1. The van der Waals surface area contributed by atoms with Crippen LogP contribution in [0.25, 0.3) is 11.0 Å². The number of carbonyl (C=O) groups is 1. The predicted molar refractivity (Wildman–Crippen MR) is 52.6 cm³/mol. The minimum absolute atomic E-state index is 0.289. The zero-order chi connectivity index (χ0) is 10.3. The summed E-state index contributed by atoms with van der Waals surface area (Å²) >= 11 is 5.81. The van der Waals surface area contributed by atoms with E-state index in [9.17, 15) is 4.79 Å². The van der Waals surface area contributed by atoms with Gasteiger partial charge in [-0.05, 0) is 6.07 Å². The summed E-state index contributed by atoms with van der Waals surface area (Å²) < 4.78 is 0.955. The molecule has 0 aliphatic rings. The Kier molecular flexibility index (Phi) is 1.82. The van der Waals surface area contributed by atoms with Crippen LogP contribution in [0.2, 0.25) is 5.02 Å². The van der Waals surface area contributed by atoms with Crippen molar-refractivity contribution >= 4 is 34.4 Å². The van der Waals surface area contributed by atoms with Gasteiger partial charge >= 0.3 is 6.09 Å². The largest absolute Gasteiger partial charge is 0.464 e. The first-order valence-electron chi connectivity index (χ1n) is 3.75. The Morgan fingerprint density at radius 2 is 2.36 bits per heavy atom. The second kappa shape index (κ2) is 2.88. The van der Waals surface area contributed by atoms with Crippen LogP contribution in [0.4, 0.5) is 10.5 Å². The smallest absolute Gasteiger partial charge is 0.417 e. The lowest BCUT2D eigenvalue weighted by Gasteiger charge is -1.96. The van der Waals surface area contributed by atoms with E-state index in [1.807, 2.05) is 0 Å². The first kappa shape index (κ1) is 8.83. The molecule has 0 aromatic carbocycles. The SMILES string of the molecule is Nc1cnc2c(c1)c(Cl)cn2C(=O)O. The second-order valence-electron chi connectivity index (χ2n) is 2.77. The maximum atomic E-state index is 10.7. The van der Waals surface area contributed by atoms with E-state index in [-0.39, 0.29) is 5.65 Å². The molecule has 5 nitrogen and oxygen atoms in total. The van der Waals surface area contributed by atoms with E-state index < -0.39 is 6.09 Å². The van der Waals surface area contributed by atoms with Crippen LogP contribution in [-0.4, -0.2) is 20.8 Å². The van der Waals surface area contributed by atoms with Gasteiger partial charge in [-0.2, -0.15) is 0 Å². The van der Waals surface area contributed by atoms with E-state index in [1.165, 1.54) is 12.4 Å². The molecule has 72 valence electrons. The number of carboxylic acid groups (broad SMARTS) is 1. The molecule has 0 amide bonds. The van der Waals surface area contributed by atoms with Gasteiger partial charge in [-0.25, -0.2) is 14.3 Å². The van der Waals surface area contributed by atoms with Crippen LogP contribution in [0.5, 0.6) is 0 Å². The molecule has 0 aliphatic carbocycles. The molecule has 0 saturated heterocycles. The van der Waals surface area contributed by atoms with Gasteiger partial charge in [0, 0.05) is 11.6 Å². The quantitative estimate of drug-likeness (QED) is 0.696. The van der Waals surface area contributed by atoms with Gasteiger partial charge in [0.25, 0.3) is 0 Å². The van der Waals surface area contributed by atoms with E-state index in [0.717, 1.165) is 4.57 Å². The van der Waals surface area contributed by atoms with Crippen molar-refractivity contribution in [1.29, 1.82) is 0 Å². The van der Waals surface area contributed by atoms with Gasteiger partial charge in [0.1, 0.15) is 0 Å². The third-order valence-electron chi connectivity index (χ3n) is 1.82. The van der Waals surface area contributed by atoms with Crippen LogP contribution in [-0.2, 0) is 0 Å². The van der Waals surface area contributed by atoms with Crippen molar-refractivity contribution in [2.75, 3.05) is 5.73 Å². The van der Waals surface area contributed by atoms with Gasteiger partial charge in [0.05, 0.1) is 16.9 Å². The molecule has 0 atom stereocenters. The number of hydrogen-bond acceptors (Lipinski definition) is 3. The molecule has 0 aliphatic heterocycles. The summed E-state index contributed by atoms with van der Waals surface area (Å²) in [6, 6.07) is 1.59. The fourth-order valence-electron chi connectivity index (χ4n) is 1.23. The summed E-state index contributed by atoms with van der Waals surface area (Å²) in [6.45, 7) is 0. The molecule has 6 heteroatoms. The molecule has 2 aromatic rings. The third-order valence-corrected chi connectivity index (χ3v) is 2.12. The van der Waals surface area contributed by atoms with Crippen molar-refractivity contribution in [3.63, 3.8) is 0 Å². The topological polar surface area (TPSA) is 81.1 Å². The number of nitrogens with two attached hydrogens (primary N) is 1. The summed E-state index contributed by atoms with van der Waals surface area (Å²) in [6.07, 6.45) is 1.55. The summed E-state index contributed by atoms with van der Waals surface area (Å²) in [5.74, 6) is 0. The molecule has 0 fully saturated rings. The maximum absolute atomic E-state index is 10.7. The van der Waals surface area contributed by atoms with E-state index >= 15 is 0 Å². The highest BCUT2D eigenvalue weighted by atomic mass is 35.5. The Hall–Kier alpha value is -1.75. The number of rotatable bonds is 0. The van der Waals surface area contributed by atoms with Gasteiger partial charge in [-0.3, -0.25) is 0 Å². The molecular weight excluding hydrogens is 206 g/mol. The lowest BCUT2D eigenvalue weighted by atomic mass is 10.3. The third kappa shape index (κ3) is 1.18. The van der Waals surface area contributed by atoms with E-state index in [1.54, 1.807) is 6.07 Å². The van der Waals surface area contributed by atoms with E-state index in [2.05, 4.69) is 4.98 Å². The van der Waals surface area contributed by atoms with Gasteiger partial charge in [-0.1, -0.05) is 11.6 Å². The number of aromatic nitrogens is 2. The van der Waals surface area contributed by atoms with Crippen molar-refractivity contribution in [3.05, 3.63) is 23.5 Å². The van der Waals surface area contributed by atoms with Crippen LogP contribution in [0.15, 0.2) is 18.5 Å². The second-order valence-corrected chi connectivity index (χ2v) is 3.18. The highest BCUT2D eigenvalue weighted by Crippen LogP contribution is 2.25. The fraction of sp³-hybridized carbons (Fsp3) is 0. The first-order chi connectivity index (χ1) is 6.59. The number of nitrogens with zero attached hydrogens (tertiary/aromatic N) is 2. The normalized spacial score (nSPS) is 10.6. The summed E-state index contributed by atoms with van der Waals surface area (Å²) in [7, 11) is 0. The monoisotopic (exact) mass is 211 g/mol. The lowest BCUT2D eigenvalue weighted by molar-refractivity contribution is 0.197. The number of fused-ring (bicyclic) bond motifs is 1. The molecule has 0 bridgehead atoms. The molecule has 0 spiro atoms. The zero-order valence-electron chi connectivity index (χ0n) is 6.94. The first-order valence-corrected chi connectivity index (χ1v) is 4.13. The Balaban J connectivity index is 2.84. The van der Waals surface area contributed by atoms with E-state index in [4.69, 9.17) is 22.4 Å². The van der Waals surface area contributed by atoms with Crippen LogP contribution < -0.4 is 5.73 Å². The van der Waals surface area contributed by atoms with Gasteiger partial charge in [-0.15, -0.1) is 0 Å². The zero-order valence-corrected chi connectivity index (χ0v) is 7.69. The predicted octanol–water partition coefficient (Wildman–Crippen LogP) is 1.80. The Morgan fingerprint density at radius 1 is 1.64 bits per heavy atom. The lowest BCUT2D eigenvalue weighted by Crippen LogP contribution is -2.06. The Bertz CT molecular complexity index is 521. The average molecular weight is 212 g/mol. The fourth-order valence-corrected chi connectivity index (χ4v) is 1.47. The van der Waals surface area contributed by atoms with Crippen LogP contribution in [0, 0.1) is 0 Å². The standard InChI is InChI=1S/C8H6ClN3O2/c9-6-3-12(8(13)14)7-5(6)1-4(10)2-11-7/h1-3H,10H2,(H,13,14). The van der Waals surface area contributed by atoms with Crippen LogP contribution in [0.1, 0.15) is 0 Å². The number of anilines is 1. The maximum Gasteiger partial charge on any atom is 0.417 e. The average Bonchev–Trinajstić information content (AvgIpc) is 2.44. The minimum Gasteiger partial charge on any atom is -0.464 e. The van der Waals surface area contributed by atoms with Gasteiger partial charge in [0.2, 0.25) is 0 Å². The van der Waals surface area contributed by atoms with Crippen molar-refractivity contribution in [3.8, 4) is 0 Å². The van der Waals surface area contributed by atoms with Crippen molar-refractivity contribution in [1.82, 2.24) is 9.55 Å². The van der Waals surface area contributed by atoms with Gasteiger partial charge < -0.3 is 10.8 Å². The Labute approximate surface area is 83.7 Å². The minimum atomic E-state index is -1.13. The summed E-state index contributed by atoms with van der Waals surface area (Å²) in [5.41, 5.74) is 6.24. The number of nitrogen functional groups attached to an aromatic ring is 1. The number of hydrogen-bond donors (Lipinski definition) is 2. The molecule has 2 rings (SSSR count). The molecule has 0 saturated carbocycles. The molecule has 2 heterocycles. The number of pyridine rings is 1. The van der Waals surface area contributed by atoms with Crippen molar-refractivity contribution in [2.24, 2.45) is 0 Å². The van der Waals surface area contributed by atoms with Crippen molar-refractivity contribution < 1.29 is 9.90 Å². The van der Waals surface area contributed by atoms with E-state index in [0.29, 0.717) is 16.1 Å². The molecule has 2 aromatic heterocycles. The van der Waals surface area contributed by atoms with Crippen LogP contribution in [0.3, 0.4) is 0 Å². The molecular formula is C8H6ClN3O2. The summed E-state index contributed by atoms with van der Waals surface area (Å²) in [4.78, 5) is 14.6. The van der Waals surface area contributed by atoms with Crippen molar-refractivity contribution in [2.45, 2.75) is 0 Å². The molecule has 0 unspecified atom stereocenters. The molecule has 14 heavy (non-hydrogen) atoms. The Morgan fingerprint density at radius 3 is 3.00 bits per heavy atom. The molecule has 3 N–H and O–H groups in total. The molecule has 0 radical (unpaired) electrons. The van der Waals surface area contributed by atoms with Crippen LogP contribution >= 0.6 is 11.6 Å². The van der Waals surface area contributed by atoms with Gasteiger partial charge in [0.15, 0.2) is 5.65 Å². The summed E-state index contributed by atoms with van der Waals surface area (Å²) in [5, 5.41) is 9.66. The highest BCUT2D eigenvalue weighted by Gasteiger charge is 2.12. The highest BCUT2D eigenvalue weighted by molar-refractivity contribution is 6.35.